The molecule has 2 nitrogen and oxygen atoms in total. The zero-order valence-electron chi connectivity index (χ0n) is 9.06. The molecule has 0 aliphatic carbocycles. The summed E-state index contributed by atoms with van der Waals surface area (Å²) in [6.45, 7) is 0. The van der Waals surface area contributed by atoms with Gasteiger partial charge in [0.05, 0.1) is 15.3 Å². The lowest BCUT2D eigenvalue weighted by Gasteiger charge is -2.08. The number of carbonyl (C=O) groups is 1. The van der Waals surface area contributed by atoms with Crippen LogP contribution in [0.25, 0.3) is 0 Å². The summed E-state index contributed by atoms with van der Waals surface area (Å²) in [6.07, 6.45) is 0. The standard InChI is InChI=1S/C13H7Cl2NOS/c14-10-4-2-1-3-8(10)9(7-16)13(17)11-5-6-12(15)18-11/h1-6,9H. The molecule has 1 unspecified atom stereocenters. The van der Waals surface area contributed by atoms with Crippen LogP contribution in [0.15, 0.2) is 36.4 Å². The molecule has 0 amide bonds. The number of ketones is 1. The molecule has 18 heavy (non-hydrogen) atoms. The molecule has 90 valence electrons. The molecule has 0 aliphatic heterocycles. The van der Waals surface area contributed by atoms with Crippen LogP contribution in [-0.4, -0.2) is 5.78 Å². The van der Waals surface area contributed by atoms with E-state index in [2.05, 4.69) is 0 Å². The topological polar surface area (TPSA) is 40.9 Å². The largest absolute Gasteiger partial charge is 0.291 e. The fourth-order valence-corrected chi connectivity index (χ4v) is 2.83. The van der Waals surface area contributed by atoms with E-state index in [-0.39, 0.29) is 5.78 Å². The molecule has 2 aromatic rings. The van der Waals surface area contributed by atoms with Gasteiger partial charge in [-0.15, -0.1) is 11.3 Å². The van der Waals surface area contributed by atoms with E-state index in [9.17, 15) is 10.1 Å². The summed E-state index contributed by atoms with van der Waals surface area (Å²) in [5, 5.41) is 9.60. The summed E-state index contributed by atoms with van der Waals surface area (Å²) in [5.41, 5.74) is 0.524. The Kier molecular flexibility index (Phi) is 4.03. The summed E-state index contributed by atoms with van der Waals surface area (Å²) in [7, 11) is 0. The molecule has 0 saturated carbocycles. The van der Waals surface area contributed by atoms with Crippen molar-refractivity contribution in [3.05, 3.63) is 56.2 Å². The minimum Gasteiger partial charge on any atom is -0.291 e. The molecule has 1 atom stereocenters. The molecule has 0 bridgehead atoms. The van der Waals surface area contributed by atoms with Crippen molar-refractivity contribution in [3.8, 4) is 6.07 Å². The van der Waals surface area contributed by atoms with Crippen LogP contribution < -0.4 is 0 Å². The zero-order chi connectivity index (χ0) is 13.1. The fraction of sp³-hybridized carbons (Fsp3) is 0.0769. The van der Waals surface area contributed by atoms with Gasteiger partial charge in [0.1, 0.15) is 5.92 Å². The number of nitriles is 1. The van der Waals surface area contributed by atoms with Gasteiger partial charge in [0.25, 0.3) is 0 Å². The number of nitrogens with zero attached hydrogens (tertiary/aromatic N) is 1. The van der Waals surface area contributed by atoms with E-state index >= 15 is 0 Å². The van der Waals surface area contributed by atoms with Crippen molar-refractivity contribution >= 4 is 40.3 Å². The molecule has 0 fully saturated rings. The van der Waals surface area contributed by atoms with Crippen molar-refractivity contribution in [1.29, 1.82) is 5.26 Å². The summed E-state index contributed by atoms with van der Waals surface area (Å²) in [6, 6.07) is 12.1. The third-order valence-electron chi connectivity index (χ3n) is 2.42. The van der Waals surface area contributed by atoms with Gasteiger partial charge in [0.2, 0.25) is 0 Å². The van der Waals surface area contributed by atoms with Crippen molar-refractivity contribution in [1.82, 2.24) is 0 Å². The van der Waals surface area contributed by atoms with Crippen LogP contribution in [0.3, 0.4) is 0 Å². The number of hydrogen-bond acceptors (Lipinski definition) is 3. The number of thiophene rings is 1. The molecule has 0 aliphatic rings. The summed E-state index contributed by atoms with van der Waals surface area (Å²) < 4.78 is 0.522. The SMILES string of the molecule is N#CC(C(=O)c1ccc(Cl)s1)c1ccccc1Cl. The van der Waals surface area contributed by atoms with Crippen LogP contribution in [0, 0.1) is 11.3 Å². The third kappa shape index (κ3) is 2.56. The third-order valence-corrected chi connectivity index (χ3v) is 4.01. The van der Waals surface area contributed by atoms with Crippen molar-refractivity contribution in [3.63, 3.8) is 0 Å². The van der Waals surface area contributed by atoms with Crippen LogP contribution in [0.2, 0.25) is 9.36 Å². The second kappa shape index (κ2) is 5.53. The molecule has 2 rings (SSSR count). The minimum absolute atomic E-state index is 0.275. The normalized spacial score (nSPS) is 11.8. The maximum absolute atomic E-state index is 12.2. The first-order valence-electron chi connectivity index (χ1n) is 5.07. The van der Waals surface area contributed by atoms with Crippen LogP contribution in [-0.2, 0) is 0 Å². The predicted octanol–water partition coefficient (Wildman–Crippen LogP) is 4.54. The highest BCUT2D eigenvalue weighted by Crippen LogP contribution is 2.30. The van der Waals surface area contributed by atoms with Gasteiger partial charge in [-0.25, -0.2) is 0 Å². The van der Waals surface area contributed by atoms with Gasteiger partial charge in [-0.05, 0) is 23.8 Å². The highest BCUT2D eigenvalue weighted by atomic mass is 35.5. The van der Waals surface area contributed by atoms with E-state index in [1.54, 1.807) is 36.4 Å². The first kappa shape index (κ1) is 13.1. The molecule has 5 heteroatoms. The quantitative estimate of drug-likeness (QED) is 0.780. The molecule has 0 saturated heterocycles. The highest BCUT2D eigenvalue weighted by molar-refractivity contribution is 7.18. The summed E-state index contributed by atoms with van der Waals surface area (Å²) in [5.74, 6) is -1.17. The molecule has 1 aromatic carbocycles. The second-order valence-corrected chi connectivity index (χ2v) is 5.67. The Morgan fingerprint density at radius 1 is 1.22 bits per heavy atom. The molecular formula is C13H7Cl2NOS. The average molecular weight is 296 g/mol. The monoisotopic (exact) mass is 295 g/mol. The molecule has 0 radical (unpaired) electrons. The maximum atomic E-state index is 12.2. The zero-order valence-corrected chi connectivity index (χ0v) is 11.4. The van der Waals surface area contributed by atoms with E-state index in [0.29, 0.717) is 19.8 Å². The van der Waals surface area contributed by atoms with E-state index in [1.807, 2.05) is 6.07 Å². The predicted molar refractivity (Wildman–Crippen MR) is 73.5 cm³/mol. The van der Waals surface area contributed by atoms with Gasteiger partial charge in [-0.1, -0.05) is 41.4 Å². The van der Waals surface area contributed by atoms with Crippen LogP contribution in [0.5, 0.6) is 0 Å². The lowest BCUT2D eigenvalue weighted by molar-refractivity contribution is 0.0983. The smallest absolute Gasteiger partial charge is 0.194 e. The van der Waals surface area contributed by atoms with E-state index < -0.39 is 5.92 Å². The van der Waals surface area contributed by atoms with Gasteiger partial charge in [0.15, 0.2) is 5.78 Å². The molecular weight excluding hydrogens is 289 g/mol. The van der Waals surface area contributed by atoms with Crippen LogP contribution >= 0.6 is 34.5 Å². The van der Waals surface area contributed by atoms with Crippen molar-refractivity contribution in [2.75, 3.05) is 0 Å². The fourth-order valence-electron chi connectivity index (χ4n) is 1.57. The number of benzene rings is 1. The van der Waals surface area contributed by atoms with Crippen molar-refractivity contribution in [2.45, 2.75) is 5.92 Å². The van der Waals surface area contributed by atoms with Gasteiger partial charge < -0.3 is 0 Å². The number of carbonyl (C=O) groups excluding carboxylic acids is 1. The number of Topliss-reactive ketones (excluding diaryl/α,β-unsaturated/α-hetero) is 1. The Morgan fingerprint density at radius 2 is 1.94 bits per heavy atom. The van der Waals surface area contributed by atoms with Gasteiger partial charge in [-0.3, -0.25) is 4.79 Å². The highest BCUT2D eigenvalue weighted by Gasteiger charge is 2.24. The Balaban J connectivity index is 2.39. The number of hydrogen-bond donors (Lipinski definition) is 0. The van der Waals surface area contributed by atoms with Crippen LogP contribution in [0.1, 0.15) is 21.2 Å². The van der Waals surface area contributed by atoms with E-state index in [1.165, 1.54) is 0 Å². The molecule has 1 aromatic heterocycles. The maximum Gasteiger partial charge on any atom is 0.194 e. The molecule has 1 heterocycles. The van der Waals surface area contributed by atoms with Crippen LogP contribution in [0.4, 0.5) is 0 Å². The molecule has 0 N–H and O–H groups in total. The first-order chi connectivity index (χ1) is 8.63. The van der Waals surface area contributed by atoms with Gasteiger partial charge >= 0.3 is 0 Å². The van der Waals surface area contributed by atoms with E-state index in [0.717, 1.165) is 11.3 Å². The number of halogens is 2. The summed E-state index contributed by atoms with van der Waals surface area (Å²) in [4.78, 5) is 12.7. The Morgan fingerprint density at radius 3 is 2.50 bits per heavy atom. The Bertz CT molecular complexity index is 630. The summed E-state index contributed by atoms with van der Waals surface area (Å²) >= 11 is 13.0. The Hall–Kier alpha value is -1.34. The first-order valence-corrected chi connectivity index (χ1v) is 6.64. The number of rotatable bonds is 3. The lowest BCUT2D eigenvalue weighted by atomic mass is 9.95. The average Bonchev–Trinajstić information content (AvgIpc) is 2.79. The van der Waals surface area contributed by atoms with Crippen molar-refractivity contribution < 1.29 is 4.79 Å². The van der Waals surface area contributed by atoms with Gasteiger partial charge in [0, 0.05) is 5.02 Å². The lowest BCUT2D eigenvalue weighted by Crippen LogP contribution is -2.10. The second-order valence-electron chi connectivity index (χ2n) is 3.55. The Labute approximate surface area is 118 Å². The molecule has 0 spiro atoms. The minimum atomic E-state index is -0.895. The van der Waals surface area contributed by atoms with E-state index in [4.69, 9.17) is 23.2 Å². The van der Waals surface area contributed by atoms with Crippen molar-refractivity contribution in [2.24, 2.45) is 0 Å². The van der Waals surface area contributed by atoms with Gasteiger partial charge in [-0.2, -0.15) is 5.26 Å².